The largest absolute Gasteiger partial charge is 0.336 e. The number of amides is 1. The van der Waals surface area contributed by atoms with Gasteiger partial charge in [0.2, 0.25) is 0 Å². The average Bonchev–Trinajstić information content (AvgIpc) is 2.68. The van der Waals surface area contributed by atoms with Crippen molar-refractivity contribution >= 4 is 27.5 Å². The second-order valence-corrected chi connectivity index (χ2v) is 7.51. The summed E-state index contributed by atoms with van der Waals surface area (Å²) in [7, 11) is 0. The van der Waals surface area contributed by atoms with E-state index >= 15 is 0 Å². The zero-order valence-corrected chi connectivity index (χ0v) is 16.3. The van der Waals surface area contributed by atoms with Crippen LogP contribution in [0.3, 0.4) is 0 Å². The van der Waals surface area contributed by atoms with Crippen molar-refractivity contribution in [1.82, 2.24) is 19.2 Å². The van der Waals surface area contributed by atoms with Crippen LogP contribution < -0.4 is 5.56 Å². The van der Waals surface area contributed by atoms with Gasteiger partial charge in [-0.25, -0.2) is 4.98 Å². The van der Waals surface area contributed by atoms with Crippen LogP contribution in [0.25, 0.3) is 5.65 Å². The van der Waals surface area contributed by atoms with Gasteiger partial charge in [0.15, 0.2) is 0 Å². The number of pyridine rings is 1. The third kappa shape index (κ3) is 3.94. The maximum Gasteiger partial charge on any atom is 0.258 e. The number of hydrogen-bond donors (Lipinski definition) is 0. The third-order valence-electron chi connectivity index (χ3n) is 4.74. The van der Waals surface area contributed by atoms with E-state index in [4.69, 9.17) is 0 Å². The summed E-state index contributed by atoms with van der Waals surface area (Å²) in [6.07, 6.45) is 1.72. The first-order chi connectivity index (χ1) is 13.1. The highest BCUT2D eigenvalue weighted by atomic mass is 79.9. The van der Waals surface area contributed by atoms with Crippen molar-refractivity contribution in [1.29, 1.82) is 0 Å². The summed E-state index contributed by atoms with van der Waals surface area (Å²) in [6, 6.07) is 14.6. The monoisotopic (exact) mass is 426 g/mol. The average molecular weight is 427 g/mol. The predicted molar refractivity (Wildman–Crippen MR) is 107 cm³/mol. The summed E-state index contributed by atoms with van der Waals surface area (Å²) in [6.45, 7) is 3.46. The molecule has 0 atom stereocenters. The summed E-state index contributed by atoms with van der Waals surface area (Å²) in [4.78, 5) is 33.5. The maximum atomic E-state index is 12.6. The summed E-state index contributed by atoms with van der Waals surface area (Å²) in [5.74, 6) is 0.0537. The van der Waals surface area contributed by atoms with Crippen molar-refractivity contribution in [3.05, 3.63) is 80.8 Å². The first-order valence-electron chi connectivity index (χ1n) is 8.85. The Balaban J connectivity index is 1.41. The minimum atomic E-state index is -0.0703. The molecule has 6 nitrogen and oxygen atoms in total. The van der Waals surface area contributed by atoms with E-state index in [-0.39, 0.29) is 11.5 Å². The van der Waals surface area contributed by atoms with Crippen molar-refractivity contribution in [3.63, 3.8) is 0 Å². The third-order valence-corrected chi connectivity index (χ3v) is 5.23. The molecule has 7 heteroatoms. The number of nitrogens with zero attached hydrogens (tertiary/aromatic N) is 4. The summed E-state index contributed by atoms with van der Waals surface area (Å²) >= 11 is 3.41. The minimum absolute atomic E-state index is 0.0537. The zero-order chi connectivity index (χ0) is 18.8. The topological polar surface area (TPSA) is 57.9 Å². The molecule has 3 aromatic rings. The maximum absolute atomic E-state index is 12.6. The molecule has 0 N–H and O–H groups in total. The van der Waals surface area contributed by atoms with Crippen LogP contribution >= 0.6 is 15.9 Å². The molecule has 138 valence electrons. The van der Waals surface area contributed by atoms with Gasteiger partial charge < -0.3 is 4.90 Å². The molecule has 4 rings (SSSR count). The van der Waals surface area contributed by atoms with Gasteiger partial charge in [0.1, 0.15) is 5.65 Å². The number of fused-ring (bicyclic) bond motifs is 1. The van der Waals surface area contributed by atoms with Crippen molar-refractivity contribution in [2.24, 2.45) is 0 Å². The van der Waals surface area contributed by atoms with E-state index in [1.165, 1.54) is 4.40 Å². The Morgan fingerprint density at radius 1 is 1.04 bits per heavy atom. The van der Waals surface area contributed by atoms with Crippen LogP contribution in [0.1, 0.15) is 16.1 Å². The predicted octanol–water partition coefficient (Wildman–Crippen LogP) is 2.42. The van der Waals surface area contributed by atoms with Crippen molar-refractivity contribution in [2.45, 2.75) is 6.54 Å². The fourth-order valence-electron chi connectivity index (χ4n) is 3.33. The highest BCUT2D eigenvalue weighted by Crippen LogP contribution is 2.15. The molecular formula is C20H19BrN4O2. The molecule has 1 aliphatic heterocycles. The Morgan fingerprint density at radius 3 is 2.63 bits per heavy atom. The summed E-state index contributed by atoms with van der Waals surface area (Å²) in [5, 5.41) is 0. The molecule has 1 saturated heterocycles. The number of hydrogen-bond acceptors (Lipinski definition) is 4. The molecule has 0 spiro atoms. The lowest BCUT2D eigenvalue weighted by Crippen LogP contribution is -2.48. The van der Waals surface area contributed by atoms with Crippen molar-refractivity contribution in [2.75, 3.05) is 26.2 Å². The SMILES string of the molecule is O=C(c1cccc(Br)c1)N1CCN(Cc2cc(=O)n3ccccc3n2)CC1. The van der Waals surface area contributed by atoms with Crippen LogP contribution in [0.2, 0.25) is 0 Å². The van der Waals surface area contributed by atoms with Crippen LogP contribution in [-0.4, -0.2) is 51.3 Å². The van der Waals surface area contributed by atoms with Gasteiger partial charge >= 0.3 is 0 Å². The van der Waals surface area contributed by atoms with Crippen LogP contribution in [0, 0.1) is 0 Å². The van der Waals surface area contributed by atoms with Gasteiger partial charge in [0.05, 0.1) is 5.69 Å². The minimum Gasteiger partial charge on any atom is -0.336 e. The molecule has 1 fully saturated rings. The molecule has 0 radical (unpaired) electrons. The molecule has 1 amide bonds. The van der Waals surface area contributed by atoms with Crippen LogP contribution in [0.15, 0.2) is 64.0 Å². The number of carbonyl (C=O) groups excluding carboxylic acids is 1. The van der Waals surface area contributed by atoms with Crippen molar-refractivity contribution < 1.29 is 4.79 Å². The molecule has 3 heterocycles. The van der Waals surface area contributed by atoms with E-state index in [9.17, 15) is 9.59 Å². The van der Waals surface area contributed by atoms with E-state index in [1.807, 2.05) is 47.4 Å². The second kappa shape index (κ2) is 7.62. The number of carbonyl (C=O) groups is 1. The smallest absolute Gasteiger partial charge is 0.258 e. The standard InChI is InChI=1S/C20H19BrN4O2/c21-16-5-3-4-15(12-16)20(27)24-10-8-23(9-11-24)14-17-13-19(26)25-7-2-1-6-18(25)22-17/h1-7,12-13H,8-11,14H2. The van der Waals surface area contributed by atoms with Gasteiger partial charge in [0.25, 0.3) is 11.5 Å². The van der Waals surface area contributed by atoms with Gasteiger partial charge in [-0.2, -0.15) is 0 Å². The lowest BCUT2D eigenvalue weighted by molar-refractivity contribution is 0.0627. The van der Waals surface area contributed by atoms with Crippen LogP contribution in [0.4, 0.5) is 0 Å². The molecule has 0 aliphatic carbocycles. The Morgan fingerprint density at radius 2 is 1.85 bits per heavy atom. The lowest BCUT2D eigenvalue weighted by Gasteiger charge is -2.34. The van der Waals surface area contributed by atoms with Gasteiger partial charge in [-0.1, -0.05) is 28.1 Å². The molecule has 1 aromatic carbocycles. The molecule has 1 aliphatic rings. The highest BCUT2D eigenvalue weighted by molar-refractivity contribution is 9.10. The Kier molecular flexibility index (Phi) is 5.05. The van der Waals surface area contributed by atoms with Gasteiger partial charge in [0, 0.05) is 55.0 Å². The zero-order valence-electron chi connectivity index (χ0n) is 14.7. The number of piperazine rings is 1. The van der Waals surface area contributed by atoms with Crippen molar-refractivity contribution in [3.8, 4) is 0 Å². The summed E-state index contributed by atoms with van der Waals surface area (Å²) in [5.41, 5.74) is 2.04. The number of aromatic nitrogens is 2. The number of benzene rings is 1. The lowest BCUT2D eigenvalue weighted by atomic mass is 10.2. The summed E-state index contributed by atoms with van der Waals surface area (Å²) < 4.78 is 2.44. The Labute approximate surface area is 165 Å². The Hall–Kier alpha value is -2.51. The molecule has 0 unspecified atom stereocenters. The van der Waals surface area contributed by atoms with Gasteiger partial charge in [-0.15, -0.1) is 0 Å². The van der Waals surface area contributed by atoms with E-state index in [0.717, 1.165) is 23.3 Å². The molecule has 27 heavy (non-hydrogen) atoms. The number of halogens is 1. The van der Waals surface area contributed by atoms with Gasteiger partial charge in [-0.3, -0.25) is 18.9 Å². The quantitative estimate of drug-likeness (QED) is 0.645. The van der Waals surface area contributed by atoms with E-state index in [0.29, 0.717) is 30.8 Å². The van der Waals surface area contributed by atoms with E-state index < -0.39 is 0 Å². The molecular weight excluding hydrogens is 408 g/mol. The van der Waals surface area contributed by atoms with Crippen LogP contribution in [0.5, 0.6) is 0 Å². The first-order valence-corrected chi connectivity index (χ1v) is 9.64. The number of rotatable bonds is 3. The van der Waals surface area contributed by atoms with E-state index in [1.54, 1.807) is 12.3 Å². The fourth-order valence-corrected chi connectivity index (χ4v) is 3.73. The van der Waals surface area contributed by atoms with Crippen LogP contribution in [-0.2, 0) is 6.54 Å². The van der Waals surface area contributed by atoms with E-state index in [2.05, 4.69) is 25.8 Å². The second-order valence-electron chi connectivity index (χ2n) is 6.59. The fraction of sp³-hybridized carbons (Fsp3) is 0.250. The molecule has 2 aromatic heterocycles. The molecule has 0 saturated carbocycles. The Bertz CT molecular complexity index is 1040. The van der Waals surface area contributed by atoms with Gasteiger partial charge in [-0.05, 0) is 30.3 Å². The molecule has 0 bridgehead atoms. The first kappa shape index (κ1) is 17.9. The normalized spacial score (nSPS) is 15.2. The highest BCUT2D eigenvalue weighted by Gasteiger charge is 2.22.